The lowest BCUT2D eigenvalue weighted by Crippen LogP contribution is -2.55. The molecule has 4 aliphatic rings. The van der Waals surface area contributed by atoms with Crippen LogP contribution in [-0.2, 0) is 9.59 Å². The quantitative estimate of drug-likeness (QED) is 0.780. The zero-order valence-corrected chi connectivity index (χ0v) is 17.5. The van der Waals surface area contributed by atoms with Crippen molar-refractivity contribution in [2.75, 3.05) is 0 Å². The van der Waals surface area contributed by atoms with Gasteiger partial charge in [-0.25, -0.2) is 0 Å². The number of aliphatic hydroxyl groups excluding tert-OH is 1. The predicted octanol–water partition coefficient (Wildman–Crippen LogP) is 4.72. The molecular weight excluding hydrogens is 336 g/mol. The molecule has 0 aromatic rings. The fraction of sp³-hybridized carbons (Fsp3) is 0.833. The molecule has 0 spiro atoms. The molecule has 4 aliphatic carbocycles. The molecular formula is C24H36O3. The Balaban J connectivity index is 1.72. The van der Waals surface area contributed by atoms with Gasteiger partial charge in [-0.3, -0.25) is 9.59 Å². The van der Waals surface area contributed by atoms with E-state index in [1.165, 1.54) is 12.0 Å². The van der Waals surface area contributed by atoms with Crippen molar-refractivity contribution in [2.45, 2.75) is 85.2 Å². The van der Waals surface area contributed by atoms with Crippen LogP contribution in [0.25, 0.3) is 0 Å². The zero-order chi connectivity index (χ0) is 19.6. The Bertz CT molecular complexity index is 679. The molecule has 0 aromatic carbocycles. The minimum absolute atomic E-state index is 0.0529. The van der Waals surface area contributed by atoms with Gasteiger partial charge in [0.1, 0.15) is 5.78 Å². The summed E-state index contributed by atoms with van der Waals surface area (Å²) in [4.78, 5) is 24.7. The summed E-state index contributed by atoms with van der Waals surface area (Å²) in [6.07, 6.45) is 9.37. The van der Waals surface area contributed by atoms with Crippen molar-refractivity contribution in [1.29, 1.82) is 0 Å². The summed E-state index contributed by atoms with van der Waals surface area (Å²) in [5.41, 5.74) is 1.41. The van der Waals surface area contributed by atoms with Crippen molar-refractivity contribution in [3.8, 4) is 0 Å². The molecule has 27 heavy (non-hydrogen) atoms. The third-order valence-corrected chi connectivity index (χ3v) is 9.55. The maximum absolute atomic E-state index is 12.4. The number of aliphatic hydroxyl groups is 1. The van der Waals surface area contributed by atoms with Crippen LogP contribution >= 0.6 is 0 Å². The molecule has 0 aromatic heterocycles. The fourth-order valence-electron chi connectivity index (χ4n) is 8.18. The SMILES string of the molecule is CCC(O)C1CC(=O)C=C2CC[C@H]3[C@@H]4CC[C@H](C(C)=O)[C@@]4(C)CC[C@@H]3[C@]21C. The standard InChI is InChI=1S/C24H36O3/c1-5-22(27)21-13-16(26)12-15-6-7-17-19-9-8-18(14(2)25)23(19,3)11-10-20(17)24(15,21)4/h12,17-22,27H,5-11,13H2,1-4H3/t17-,18+,19-,20-,21?,22?,23+,24-/m0/s1. The molecule has 3 heteroatoms. The van der Waals surface area contributed by atoms with Crippen molar-refractivity contribution < 1.29 is 14.7 Å². The van der Waals surface area contributed by atoms with E-state index < -0.39 is 6.10 Å². The van der Waals surface area contributed by atoms with E-state index in [1.807, 2.05) is 13.0 Å². The Morgan fingerprint density at radius 1 is 1.22 bits per heavy atom. The smallest absolute Gasteiger partial charge is 0.156 e. The Kier molecular flexibility index (Phi) is 4.69. The number of Topliss-reactive ketones (excluding diaryl/α,β-unsaturated/α-hetero) is 1. The Hall–Kier alpha value is -0.960. The predicted molar refractivity (Wildman–Crippen MR) is 106 cm³/mol. The number of ketones is 2. The average molecular weight is 373 g/mol. The molecule has 4 rings (SSSR count). The lowest BCUT2D eigenvalue weighted by Gasteiger charge is -2.60. The molecule has 8 atom stereocenters. The number of hydrogen-bond acceptors (Lipinski definition) is 3. The summed E-state index contributed by atoms with van der Waals surface area (Å²) in [5.74, 6) is 2.67. The number of hydrogen-bond donors (Lipinski definition) is 1. The van der Waals surface area contributed by atoms with E-state index in [-0.39, 0.29) is 28.4 Å². The highest BCUT2D eigenvalue weighted by molar-refractivity contribution is 5.92. The van der Waals surface area contributed by atoms with Crippen LogP contribution in [0.1, 0.15) is 79.1 Å². The minimum Gasteiger partial charge on any atom is -0.393 e. The van der Waals surface area contributed by atoms with Crippen molar-refractivity contribution in [3.05, 3.63) is 11.6 Å². The van der Waals surface area contributed by atoms with Gasteiger partial charge in [0, 0.05) is 18.3 Å². The molecule has 0 aliphatic heterocycles. The minimum atomic E-state index is -0.400. The van der Waals surface area contributed by atoms with Crippen LogP contribution in [0.15, 0.2) is 11.6 Å². The summed E-state index contributed by atoms with van der Waals surface area (Å²) < 4.78 is 0. The maximum atomic E-state index is 12.4. The molecule has 0 heterocycles. The van der Waals surface area contributed by atoms with Crippen molar-refractivity contribution in [3.63, 3.8) is 0 Å². The fourth-order valence-corrected chi connectivity index (χ4v) is 8.18. The molecule has 3 fully saturated rings. The second-order valence-corrected chi connectivity index (χ2v) is 10.4. The first-order chi connectivity index (χ1) is 12.7. The highest BCUT2D eigenvalue weighted by Gasteiger charge is 2.61. The molecule has 0 amide bonds. The Morgan fingerprint density at radius 2 is 1.96 bits per heavy atom. The molecule has 0 bridgehead atoms. The van der Waals surface area contributed by atoms with Gasteiger partial charge in [0.05, 0.1) is 6.10 Å². The van der Waals surface area contributed by atoms with Gasteiger partial charge < -0.3 is 5.11 Å². The van der Waals surface area contributed by atoms with E-state index in [0.717, 1.165) is 32.1 Å². The first kappa shape index (κ1) is 19.4. The topological polar surface area (TPSA) is 54.4 Å². The monoisotopic (exact) mass is 372 g/mol. The summed E-state index contributed by atoms with van der Waals surface area (Å²) in [7, 11) is 0. The third kappa shape index (κ3) is 2.63. The first-order valence-corrected chi connectivity index (χ1v) is 11.2. The molecule has 3 nitrogen and oxygen atoms in total. The Labute approximate surface area is 164 Å². The van der Waals surface area contributed by atoms with Crippen molar-refractivity contribution in [1.82, 2.24) is 0 Å². The molecule has 150 valence electrons. The number of rotatable bonds is 3. The molecule has 0 saturated heterocycles. The van der Waals surface area contributed by atoms with Gasteiger partial charge in [-0.1, -0.05) is 26.3 Å². The highest BCUT2D eigenvalue weighted by atomic mass is 16.3. The lowest BCUT2D eigenvalue weighted by atomic mass is 9.44. The number of carbonyl (C=O) groups is 2. The number of carbonyl (C=O) groups excluding carboxylic acids is 2. The zero-order valence-electron chi connectivity index (χ0n) is 17.5. The van der Waals surface area contributed by atoms with Gasteiger partial charge >= 0.3 is 0 Å². The van der Waals surface area contributed by atoms with Crippen LogP contribution in [0.3, 0.4) is 0 Å². The van der Waals surface area contributed by atoms with Crippen molar-refractivity contribution in [2.24, 2.45) is 40.4 Å². The average Bonchev–Trinajstić information content (AvgIpc) is 2.98. The maximum Gasteiger partial charge on any atom is 0.156 e. The van der Waals surface area contributed by atoms with E-state index in [0.29, 0.717) is 36.4 Å². The van der Waals surface area contributed by atoms with Crippen LogP contribution in [0.2, 0.25) is 0 Å². The van der Waals surface area contributed by atoms with Gasteiger partial charge in [-0.05, 0) is 86.5 Å². The van der Waals surface area contributed by atoms with Gasteiger partial charge in [-0.15, -0.1) is 0 Å². The second kappa shape index (κ2) is 6.54. The lowest BCUT2D eigenvalue weighted by molar-refractivity contribution is -0.133. The number of fused-ring (bicyclic) bond motifs is 5. The van der Waals surface area contributed by atoms with Crippen LogP contribution in [0.5, 0.6) is 0 Å². The summed E-state index contributed by atoms with van der Waals surface area (Å²) in [5, 5.41) is 10.8. The van der Waals surface area contributed by atoms with E-state index in [4.69, 9.17) is 0 Å². The van der Waals surface area contributed by atoms with Gasteiger partial charge in [0.15, 0.2) is 5.78 Å². The van der Waals surface area contributed by atoms with Crippen LogP contribution in [0, 0.1) is 40.4 Å². The van der Waals surface area contributed by atoms with E-state index in [9.17, 15) is 14.7 Å². The summed E-state index contributed by atoms with van der Waals surface area (Å²) >= 11 is 0. The molecule has 0 radical (unpaired) electrons. The van der Waals surface area contributed by atoms with Crippen LogP contribution in [-0.4, -0.2) is 22.8 Å². The van der Waals surface area contributed by atoms with E-state index in [1.54, 1.807) is 6.92 Å². The molecule has 3 saturated carbocycles. The summed E-state index contributed by atoms with van der Waals surface area (Å²) in [6.45, 7) is 8.55. The summed E-state index contributed by atoms with van der Waals surface area (Å²) in [6, 6.07) is 0. The largest absolute Gasteiger partial charge is 0.393 e. The van der Waals surface area contributed by atoms with E-state index in [2.05, 4.69) is 13.8 Å². The van der Waals surface area contributed by atoms with Crippen molar-refractivity contribution >= 4 is 11.6 Å². The van der Waals surface area contributed by atoms with Crippen LogP contribution < -0.4 is 0 Å². The molecule has 2 unspecified atom stereocenters. The number of allylic oxidation sites excluding steroid dienone is 1. The van der Waals surface area contributed by atoms with Crippen LogP contribution in [0.4, 0.5) is 0 Å². The van der Waals surface area contributed by atoms with Gasteiger partial charge in [-0.2, -0.15) is 0 Å². The third-order valence-electron chi connectivity index (χ3n) is 9.55. The normalized spacial score (nSPS) is 47.5. The molecule has 1 N–H and O–H groups in total. The first-order valence-electron chi connectivity index (χ1n) is 11.2. The second-order valence-electron chi connectivity index (χ2n) is 10.4. The van der Waals surface area contributed by atoms with E-state index >= 15 is 0 Å². The Morgan fingerprint density at radius 3 is 2.63 bits per heavy atom. The van der Waals surface area contributed by atoms with Gasteiger partial charge in [0.25, 0.3) is 0 Å². The van der Waals surface area contributed by atoms with Gasteiger partial charge in [0.2, 0.25) is 0 Å². The highest BCUT2D eigenvalue weighted by Crippen LogP contribution is 2.67.